The number of benzene rings is 11. The van der Waals surface area contributed by atoms with E-state index in [0.29, 0.717) is 0 Å². The fraction of sp³-hybridized carbons (Fsp3) is 0. The molecule has 0 amide bonds. The van der Waals surface area contributed by atoms with Crippen molar-refractivity contribution in [2.24, 2.45) is 0 Å². The quantitative estimate of drug-likeness (QED) is 0.157. The van der Waals surface area contributed by atoms with Gasteiger partial charge in [0, 0.05) is 20.2 Å². The highest BCUT2D eigenvalue weighted by Crippen LogP contribution is 2.51. The van der Waals surface area contributed by atoms with Gasteiger partial charge in [-0.2, -0.15) is 0 Å². The molecule has 0 aliphatic heterocycles. The number of rotatable bonds is 4. The first kappa shape index (κ1) is 32.7. The monoisotopic (exact) mass is 762 g/mol. The SMILES string of the molecule is c1ccc(-c2ccc3c4c(cccc24)-c2ccccc2-3)c(-c2ccc(-c3c4ccccc4c(-c4ccc5c(c4)sc4c6ccccc6ccc54)c4ccccc34)cc2)c1. The first-order valence-corrected chi connectivity index (χ1v) is 21.2. The molecule has 0 unspecified atom stereocenters. The Morgan fingerprint density at radius 2 is 0.729 bits per heavy atom. The van der Waals surface area contributed by atoms with E-state index in [4.69, 9.17) is 0 Å². The molecule has 1 aliphatic carbocycles. The maximum Gasteiger partial charge on any atom is 0.0433 e. The van der Waals surface area contributed by atoms with Gasteiger partial charge in [-0.05, 0) is 116 Å². The van der Waals surface area contributed by atoms with E-state index < -0.39 is 0 Å². The molecule has 0 spiro atoms. The smallest absolute Gasteiger partial charge is 0.0433 e. The molecule has 0 radical (unpaired) electrons. The molecule has 272 valence electrons. The Balaban J connectivity index is 0.949. The summed E-state index contributed by atoms with van der Waals surface area (Å²) in [5.41, 5.74) is 15.3. The molecule has 0 N–H and O–H groups in total. The van der Waals surface area contributed by atoms with Gasteiger partial charge in [0.15, 0.2) is 0 Å². The van der Waals surface area contributed by atoms with E-state index in [1.165, 1.54) is 130 Å². The normalized spacial score (nSPS) is 12.1. The van der Waals surface area contributed by atoms with Gasteiger partial charge in [-0.3, -0.25) is 0 Å². The van der Waals surface area contributed by atoms with Crippen LogP contribution in [0.5, 0.6) is 0 Å². The van der Waals surface area contributed by atoms with Crippen molar-refractivity contribution >= 4 is 74.6 Å². The topological polar surface area (TPSA) is 0 Å². The Morgan fingerprint density at radius 1 is 0.254 bits per heavy atom. The van der Waals surface area contributed by atoms with Crippen molar-refractivity contribution in [3.05, 3.63) is 206 Å². The number of thiophene rings is 1. The van der Waals surface area contributed by atoms with Gasteiger partial charge in [-0.25, -0.2) is 0 Å². The third-order valence-electron chi connectivity index (χ3n) is 12.8. The molecule has 0 fully saturated rings. The Kier molecular flexibility index (Phi) is 6.98. The molecule has 0 saturated heterocycles. The lowest BCUT2D eigenvalue weighted by molar-refractivity contribution is 1.59. The molecule has 1 aliphatic rings. The summed E-state index contributed by atoms with van der Waals surface area (Å²) >= 11 is 1.91. The van der Waals surface area contributed by atoms with Crippen LogP contribution in [0.3, 0.4) is 0 Å². The van der Waals surface area contributed by atoms with Gasteiger partial charge in [-0.15, -0.1) is 11.3 Å². The highest BCUT2D eigenvalue weighted by atomic mass is 32.1. The van der Waals surface area contributed by atoms with E-state index in [1.54, 1.807) is 0 Å². The highest BCUT2D eigenvalue weighted by molar-refractivity contribution is 7.26. The fourth-order valence-electron chi connectivity index (χ4n) is 10.2. The lowest BCUT2D eigenvalue weighted by atomic mass is 9.85. The third kappa shape index (κ3) is 4.77. The van der Waals surface area contributed by atoms with E-state index in [0.717, 1.165) is 0 Å². The van der Waals surface area contributed by atoms with Gasteiger partial charge in [0.05, 0.1) is 0 Å². The number of hydrogen-bond acceptors (Lipinski definition) is 1. The Labute approximate surface area is 345 Å². The summed E-state index contributed by atoms with van der Waals surface area (Å²) in [6.07, 6.45) is 0. The molecule has 12 aromatic rings. The van der Waals surface area contributed by atoms with E-state index in [2.05, 4.69) is 206 Å². The molecular formula is C58H34S. The molecule has 59 heavy (non-hydrogen) atoms. The number of fused-ring (bicyclic) bond motifs is 10. The van der Waals surface area contributed by atoms with Crippen molar-refractivity contribution in [2.45, 2.75) is 0 Å². The minimum Gasteiger partial charge on any atom is -0.135 e. The molecule has 1 heterocycles. The molecule has 0 saturated carbocycles. The molecule has 13 rings (SSSR count). The van der Waals surface area contributed by atoms with Crippen LogP contribution < -0.4 is 0 Å². The van der Waals surface area contributed by atoms with Crippen LogP contribution in [0, 0.1) is 0 Å². The number of hydrogen-bond donors (Lipinski definition) is 0. The van der Waals surface area contributed by atoms with E-state index in [1.807, 2.05) is 11.3 Å². The van der Waals surface area contributed by atoms with Crippen LogP contribution in [0.1, 0.15) is 0 Å². The van der Waals surface area contributed by atoms with Crippen molar-refractivity contribution in [1.82, 2.24) is 0 Å². The molecule has 0 bridgehead atoms. The van der Waals surface area contributed by atoms with Gasteiger partial charge in [0.25, 0.3) is 0 Å². The standard InChI is InChI=1S/C58H34S/c1-2-14-40-35(12-1)28-31-53-45-30-29-38(34-54(45)59-58(40)53)56-50-20-9-7-18-48(50)55(49-19-8-10-21-51(49)56)37-26-24-36(25-27-37)39-13-3-4-15-41(39)44-32-33-52-43-17-6-5-16-42(43)46-22-11-23-47(44)57(46)52/h1-34H. The zero-order chi connectivity index (χ0) is 38.6. The van der Waals surface area contributed by atoms with Crippen molar-refractivity contribution in [1.29, 1.82) is 0 Å². The van der Waals surface area contributed by atoms with E-state index in [9.17, 15) is 0 Å². The maximum absolute atomic E-state index is 2.43. The summed E-state index contributed by atoms with van der Waals surface area (Å²) < 4.78 is 2.69. The van der Waals surface area contributed by atoms with Crippen molar-refractivity contribution in [3.8, 4) is 66.8 Å². The van der Waals surface area contributed by atoms with Crippen molar-refractivity contribution in [2.75, 3.05) is 0 Å². The predicted octanol–water partition coefficient (Wildman–Crippen LogP) is 17.0. The predicted molar refractivity (Wildman–Crippen MR) is 256 cm³/mol. The van der Waals surface area contributed by atoms with E-state index >= 15 is 0 Å². The molecule has 1 heteroatoms. The van der Waals surface area contributed by atoms with Crippen LogP contribution in [-0.2, 0) is 0 Å². The first-order valence-electron chi connectivity index (χ1n) is 20.4. The Morgan fingerprint density at radius 3 is 1.42 bits per heavy atom. The molecule has 1 aromatic heterocycles. The molecule has 0 atom stereocenters. The summed E-state index contributed by atoms with van der Waals surface area (Å²) in [6.45, 7) is 0. The van der Waals surface area contributed by atoms with Crippen LogP contribution in [0.2, 0.25) is 0 Å². The zero-order valence-electron chi connectivity index (χ0n) is 32.0. The average Bonchev–Trinajstić information content (AvgIpc) is 3.85. The lowest BCUT2D eigenvalue weighted by Gasteiger charge is -2.18. The highest BCUT2D eigenvalue weighted by Gasteiger charge is 2.23. The van der Waals surface area contributed by atoms with Gasteiger partial charge in [0.1, 0.15) is 0 Å². The summed E-state index contributed by atoms with van der Waals surface area (Å²) in [5.74, 6) is 0. The van der Waals surface area contributed by atoms with Crippen LogP contribution >= 0.6 is 11.3 Å². The summed E-state index contributed by atoms with van der Waals surface area (Å²) in [6, 6.07) is 76.9. The first-order chi connectivity index (χ1) is 29.3. The van der Waals surface area contributed by atoms with E-state index in [-0.39, 0.29) is 0 Å². The minimum absolute atomic E-state index is 1.21. The lowest BCUT2D eigenvalue weighted by Crippen LogP contribution is -1.91. The third-order valence-corrected chi connectivity index (χ3v) is 14.0. The Hall–Kier alpha value is -7.32. The van der Waals surface area contributed by atoms with Crippen molar-refractivity contribution < 1.29 is 0 Å². The minimum atomic E-state index is 1.21. The second-order valence-corrected chi connectivity index (χ2v) is 16.9. The zero-order valence-corrected chi connectivity index (χ0v) is 32.9. The summed E-state index contributed by atoms with van der Waals surface area (Å²) in [4.78, 5) is 0. The van der Waals surface area contributed by atoms with Crippen LogP contribution in [0.15, 0.2) is 206 Å². The second kappa shape index (κ2) is 12.6. The average molecular weight is 763 g/mol. The Bertz CT molecular complexity index is 3630. The van der Waals surface area contributed by atoms with Crippen LogP contribution in [0.4, 0.5) is 0 Å². The van der Waals surface area contributed by atoms with Crippen LogP contribution in [-0.4, -0.2) is 0 Å². The fourth-order valence-corrected chi connectivity index (χ4v) is 11.5. The van der Waals surface area contributed by atoms with Crippen LogP contribution in [0.25, 0.3) is 130 Å². The summed E-state index contributed by atoms with van der Waals surface area (Å²) in [7, 11) is 0. The van der Waals surface area contributed by atoms with Gasteiger partial charge < -0.3 is 0 Å². The van der Waals surface area contributed by atoms with Gasteiger partial charge in [-0.1, -0.05) is 200 Å². The maximum atomic E-state index is 2.43. The second-order valence-electron chi connectivity index (χ2n) is 15.9. The van der Waals surface area contributed by atoms with Crippen molar-refractivity contribution in [3.63, 3.8) is 0 Å². The van der Waals surface area contributed by atoms with Gasteiger partial charge in [0.2, 0.25) is 0 Å². The largest absolute Gasteiger partial charge is 0.135 e. The molecule has 0 nitrogen and oxygen atoms in total. The molecular weight excluding hydrogens is 729 g/mol. The molecule has 11 aromatic carbocycles. The summed E-state index contributed by atoms with van der Waals surface area (Å²) in [5, 5.41) is 13.0. The van der Waals surface area contributed by atoms with Gasteiger partial charge >= 0.3 is 0 Å².